The third kappa shape index (κ3) is 3.17. The van der Waals surface area contributed by atoms with Gasteiger partial charge in [-0.1, -0.05) is 17.8 Å². The third-order valence-electron chi connectivity index (χ3n) is 3.93. The average Bonchev–Trinajstić information content (AvgIpc) is 3.47. The first kappa shape index (κ1) is 15.7. The zero-order valence-corrected chi connectivity index (χ0v) is 14.6. The standard InChI is InChI=1S/C17H12N8OS/c1-2-10-8-11(3-4-12(10)18-7-1)13-5-6-14(26-13)16-19-17(23-22-16)27-9-15-20-24-25-21-15/h1-8H,9H2,(H,19,22,23)(H,20,21,24,25). The summed E-state index contributed by atoms with van der Waals surface area (Å²) in [5.74, 6) is 3.19. The highest BCUT2D eigenvalue weighted by atomic mass is 32.2. The van der Waals surface area contributed by atoms with Gasteiger partial charge in [-0.05, 0) is 46.8 Å². The van der Waals surface area contributed by atoms with Gasteiger partial charge in [0.15, 0.2) is 22.6 Å². The van der Waals surface area contributed by atoms with E-state index in [-0.39, 0.29) is 0 Å². The van der Waals surface area contributed by atoms with Gasteiger partial charge in [0, 0.05) is 17.1 Å². The minimum Gasteiger partial charge on any atom is -0.453 e. The Morgan fingerprint density at radius 3 is 2.89 bits per heavy atom. The van der Waals surface area contributed by atoms with Crippen molar-refractivity contribution in [2.45, 2.75) is 10.9 Å². The minimum atomic E-state index is 0.566. The first-order chi connectivity index (χ1) is 13.3. The Hall–Kier alpha value is -3.53. The molecule has 0 fully saturated rings. The second-order valence-corrected chi connectivity index (χ2v) is 6.65. The van der Waals surface area contributed by atoms with E-state index in [1.54, 1.807) is 6.20 Å². The number of furan rings is 1. The molecule has 0 saturated carbocycles. The molecule has 0 spiro atoms. The molecule has 1 aromatic carbocycles. The number of hydrogen-bond donors (Lipinski definition) is 2. The highest BCUT2D eigenvalue weighted by Gasteiger charge is 2.12. The highest BCUT2D eigenvalue weighted by Crippen LogP contribution is 2.29. The Morgan fingerprint density at radius 1 is 1.00 bits per heavy atom. The summed E-state index contributed by atoms with van der Waals surface area (Å²) in [6.45, 7) is 0. The maximum atomic E-state index is 5.97. The fraction of sp³-hybridized carbons (Fsp3) is 0.0588. The molecule has 0 radical (unpaired) electrons. The van der Waals surface area contributed by atoms with Crippen LogP contribution in [0.2, 0.25) is 0 Å². The molecule has 0 aliphatic rings. The van der Waals surface area contributed by atoms with Gasteiger partial charge in [-0.2, -0.15) is 0 Å². The second kappa shape index (κ2) is 6.65. The molecule has 9 nitrogen and oxygen atoms in total. The zero-order valence-electron chi connectivity index (χ0n) is 13.8. The number of hydrogen-bond acceptors (Lipinski definition) is 8. The zero-order chi connectivity index (χ0) is 18.1. The van der Waals surface area contributed by atoms with Crippen molar-refractivity contribution in [3.63, 3.8) is 0 Å². The van der Waals surface area contributed by atoms with Crippen LogP contribution in [0.4, 0.5) is 0 Å². The van der Waals surface area contributed by atoms with Crippen molar-refractivity contribution in [2.75, 3.05) is 0 Å². The number of pyridine rings is 1. The van der Waals surface area contributed by atoms with Crippen LogP contribution in [0.5, 0.6) is 0 Å². The van der Waals surface area contributed by atoms with E-state index in [9.17, 15) is 0 Å². The maximum Gasteiger partial charge on any atom is 0.197 e. The van der Waals surface area contributed by atoms with Crippen molar-refractivity contribution in [1.29, 1.82) is 0 Å². The fourth-order valence-corrected chi connectivity index (χ4v) is 3.31. The average molecular weight is 376 g/mol. The summed E-state index contributed by atoms with van der Waals surface area (Å²) in [6, 6.07) is 13.8. The molecule has 10 heteroatoms. The van der Waals surface area contributed by atoms with Crippen LogP contribution >= 0.6 is 11.8 Å². The van der Waals surface area contributed by atoms with Crippen molar-refractivity contribution >= 4 is 22.7 Å². The number of aromatic nitrogens is 8. The van der Waals surface area contributed by atoms with Gasteiger partial charge in [0.2, 0.25) is 0 Å². The smallest absolute Gasteiger partial charge is 0.197 e. The van der Waals surface area contributed by atoms with Gasteiger partial charge < -0.3 is 9.40 Å². The molecule has 27 heavy (non-hydrogen) atoms. The van der Waals surface area contributed by atoms with E-state index in [4.69, 9.17) is 4.42 Å². The number of H-pyrrole nitrogens is 2. The molecule has 0 saturated heterocycles. The number of benzene rings is 1. The number of nitrogens with one attached hydrogen (secondary N) is 2. The van der Waals surface area contributed by atoms with Crippen molar-refractivity contribution in [3.05, 3.63) is 54.5 Å². The SMILES string of the molecule is c1cnc2ccc(-c3ccc(-c4nnc(SCc5nnn[nH]5)[nH]4)o3)cc2c1. The Labute approximate surface area is 156 Å². The summed E-state index contributed by atoms with van der Waals surface area (Å²) in [5.41, 5.74) is 1.93. The van der Waals surface area contributed by atoms with Crippen LogP contribution in [0.15, 0.2) is 58.2 Å². The summed E-state index contributed by atoms with van der Waals surface area (Å²) >= 11 is 1.45. The van der Waals surface area contributed by atoms with E-state index in [1.807, 2.05) is 36.4 Å². The van der Waals surface area contributed by atoms with E-state index in [1.165, 1.54) is 11.8 Å². The van der Waals surface area contributed by atoms with Crippen molar-refractivity contribution in [3.8, 4) is 22.9 Å². The number of thioether (sulfide) groups is 1. The summed E-state index contributed by atoms with van der Waals surface area (Å²) in [6.07, 6.45) is 1.78. The molecule has 2 N–H and O–H groups in total. The number of tetrazole rings is 1. The Kier molecular flexibility index (Phi) is 3.87. The van der Waals surface area contributed by atoms with Crippen LogP contribution in [-0.4, -0.2) is 40.8 Å². The topological polar surface area (TPSA) is 122 Å². The van der Waals surface area contributed by atoms with Crippen LogP contribution in [0.1, 0.15) is 5.82 Å². The maximum absolute atomic E-state index is 5.97. The Balaban J connectivity index is 1.37. The summed E-state index contributed by atoms with van der Waals surface area (Å²) in [4.78, 5) is 7.48. The van der Waals surface area contributed by atoms with E-state index < -0.39 is 0 Å². The van der Waals surface area contributed by atoms with Gasteiger partial charge in [0.25, 0.3) is 0 Å². The van der Waals surface area contributed by atoms with Gasteiger partial charge in [-0.15, -0.1) is 15.3 Å². The van der Waals surface area contributed by atoms with Crippen LogP contribution in [0, 0.1) is 0 Å². The highest BCUT2D eigenvalue weighted by molar-refractivity contribution is 7.98. The monoisotopic (exact) mass is 376 g/mol. The third-order valence-corrected chi connectivity index (χ3v) is 4.80. The number of nitrogens with zero attached hydrogens (tertiary/aromatic N) is 6. The van der Waals surface area contributed by atoms with Crippen molar-refractivity contribution in [1.82, 2.24) is 40.8 Å². The van der Waals surface area contributed by atoms with E-state index in [2.05, 4.69) is 46.9 Å². The molecule has 0 amide bonds. The Morgan fingerprint density at radius 2 is 1.96 bits per heavy atom. The summed E-state index contributed by atoms with van der Waals surface area (Å²) < 4.78 is 5.97. The van der Waals surface area contributed by atoms with Gasteiger partial charge >= 0.3 is 0 Å². The minimum absolute atomic E-state index is 0.566. The summed E-state index contributed by atoms with van der Waals surface area (Å²) in [5, 5.41) is 23.6. The fourth-order valence-electron chi connectivity index (χ4n) is 2.65. The largest absolute Gasteiger partial charge is 0.453 e. The van der Waals surface area contributed by atoms with Gasteiger partial charge in [-0.25, -0.2) is 5.10 Å². The van der Waals surface area contributed by atoms with Gasteiger partial charge in [0.1, 0.15) is 5.76 Å². The Bertz CT molecular complexity index is 1200. The lowest BCUT2D eigenvalue weighted by Gasteiger charge is -2.00. The molecular weight excluding hydrogens is 364 g/mol. The van der Waals surface area contributed by atoms with E-state index in [0.717, 1.165) is 22.2 Å². The first-order valence-corrected chi connectivity index (χ1v) is 9.07. The first-order valence-electron chi connectivity index (χ1n) is 8.08. The molecule has 0 aliphatic heterocycles. The quantitative estimate of drug-likeness (QED) is 0.449. The lowest BCUT2D eigenvalue weighted by molar-refractivity contribution is 0.592. The molecule has 0 atom stereocenters. The number of fused-ring (bicyclic) bond motifs is 1. The molecule has 5 aromatic rings. The van der Waals surface area contributed by atoms with Crippen LogP contribution < -0.4 is 0 Å². The van der Waals surface area contributed by atoms with Crippen LogP contribution in [-0.2, 0) is 5.75 Å². The molecule has 132 valence electrons. The van der Waals surface area contributed by atoms with Gasteiger partial charge in [0.05, 0.1) is 11.3 Å². The van der Waals surface area contributed by atoms with Gasteiger partial charge in [-0.3, -0.25) is 4.98 Å². The molecule has 5 rings (SSSR count). The van der Waals surface area contributed by atoms with Crippen molar-refractivity contribution in [2.24, 2.45) is 0 Å². The molecule has 0 bridgehead atoms. The molecular formula is C17H12N8OS. The predicted molar refractivity (Wildman–Crippen MR) is 98.6 cm³/mol. The number of aromatic amines is 2. The molecule has 0 unspecified atom stereocenters. The van der Waals surface area contributed by atoms with E-state index in [0.29, 0.717) is 28.3 Å². The molecule has 0 aliphatic carbocycles. The van der Waals surface area contributed by atoms with Crippen molar-refractivity contribution < 1.29 is 4.42 Å². The number of rotatable bonds is 5. The molecule has 4 heterocycles. The normalized spacial score (nSPS) is 11.3. The summed E-state index contributed by atoms with van der Waals surface area (Å²) in [7, 11) is 0. The van der Waals surface area contributed by atoms with E-state index >= 15 is 0 Å². The van der Waals surface area contributed by atoms with Crippen LogP contribution in [0.25, 0.3) is 33.8 Å². The second-order valence-electron chi connectivity index (χ2n) is 5.69. The van der Waals surface area contributed by atoms with Crippen LogP contribution in [0.3, 0.4) is 0 Å². The molecule has 4 aromatic heterocycles. The lowest BCUT2D eigenvalue weighted by Crippen LogP contribution is -1.85. The predicted octanol–water partition coefficient (Wildman–Crippen LogP) is 3.09. The lowest BCUT2D eigenvalue weighted by atomic mass is 10.1.